The maximum Gasteiger partial charge on any atom is 0.195 e. The minimum Gasteiger partial charge on any atom is -0.490 e. The summed E-state index contributed by atoms with van der Waals surface area (Å²) in [5, 5.41) is 6.67. The Morgan fingerprint density at radius 1 is 1.07 bits per heavy atom. The highest BCUT2D eigenvalue weighted by molar-refractivity contribution is 5.93. The lowest BCUT2D eigenvalue weighted by molar-refractivity contribution is 0.0734. The van der Waals surface area contributed by atoms with Crippen LogP contribution in [-0.4, -0.2) is 72.4 Å². The van der Waals surface area contributed by atoms with Crippen LogP contribution in [0, 0.1) is 5.92 Å². The summed E-state index contributed by atoms with van der Waals surface area (Å²) in [6.07, 6.45) is 4.42. The van der Waals surface area contributed by atoms with E-state index in [0.717, 1.165) is 49.2 Å². The first-order valence-electron chi connectivity index (χ1n) is 10.9. The van der Waals surface area contributed by atoms with Gasteiger partial charge in [-0.05, 0) is 37.3 Å². The van der Waals surface area contributed by atoms with Crippen molar-refractivity contribution < 1.29 is 23.7 Å². The molecule has 0 atom stereocenters. The molecule has 168 valence electrons. The lowest BCUT2D eigenvalue weighted by Gasteiger charge is -2.15. The number of guanidine groups is 1. The van der Waals surface area contributed by atoms with E-state index in [4.69, 9.17) is 23.7 Å². The van der Waals surface area contributed by atoms with Crippen LogP contribution in [0.3, 0.4) is 0 Å². The van der Waals surface area contributed by atoms with Gasteiger partial charge in [0.05, 0.1) is 33.0 Å². The number of benzene rings is 1. The first kappa shape index (κ1) is 22.7. The van der Waals surface area contributed by atoms with Crippen molar-refractivity contribution in [3.8, 4) is 11.5 Å². The van der Waals surface area contributed by atoms with Crippen LogP contribution in [0.4, 0.5) is 5.69 Å². The third-order valence-electron chi connectivity index (χ3n) is 4.75. The van der Waals surface area contributed by atoms with Gasteiger partial charge in [0.15, 0.2) is 17.5 Å². The number of methoxy groups -OCH3 is 1. The standard InChI is InChI=1S/C22H35N3O5/c1-26-14-15-27-13-9-24-22(23-8-2-10-28-17-18-4-5-18)25-19-6-7-20-21(16-19)30-12-3-11-29-20/h6-7,16,18H,2-5,8-15,17H2,1H3,(H2,23,24,25). The maximum atomic E-state index is 5.78. The van der Waals surface area contributed by atoms with E-state index in [9.17, 15) is 0 Å². The lowest BCUT2D eigenvalue weighted by atomic mass is 10.3. The largest absolute Gasteiger partial charge is 0.490 e. The fraction of sp³-hybridized carbons (Fsp3) is 0.682. The van der Waals surface area contributed by atoms with E-state index >= 15 is 0 Å². The van der Waals surface area contributed by atoms with Crippen molar-refractivity contribution in [3.63, 3.8) is 0 Å². The quantitative estimate of drug-likeness (QED) is 0.288. The Bertz CT molecular complexity index is 652. The van der Waals surface area contributed by atoms with Crippen molar-refractivity contribution in [1.82, 2.24) is 5.32 Å². The number of anilines is 1. The average molecular weight is 422 g/mol. The van der Waals surface area contributed by atoms with Gasteiger partial charge in [0.1, 0.15) is 0 Å². The first-order chi connectivity index (χ1) is 14.8. The summed E-state index contributed by atoms with van der Waals surface area (Å²) >= 11 is 0. The molecule has 30 heavy (non-hydrogen) atoms. The molecule has 0 spiro atoms. The highest BCUT2D eigenvalue weighted by atomic mass is 16.5. The van der Waals surface area contributed by atoms with E-state index in [2.05, 4.69) is 15.6 Å². The molecule has 1 fully saturated rings. The van der Waals surface area contributed by atoms with Crippen molar-refractivity contribution in [2.45, 2.75) is 25.7 Å². The van der Waals surface area contributed by atoms with Gasteiger partial charge in [0.25, 0.3) is 0 Å². The van der Waals surface area contributed by atoms with Gasteiger partial charge in [-0.1, -0.05) is 0 Å². The highest BCUT2D eigenvalue weighted by Crippen LogP contribution is 2.32. The second-order valence-electron chi connectivity index (χ2n) is 7.47. The van der Waals surface area contributed by atoms with Crippen LogP contribution in [0.2, 0.25) is 0 Å². The predicted molar refractivity (Wildman–Crippen MR) is 117 cm³/mol. The van der Waals surface area contributed by atoms with E-state index in [1.165, 1.54) is 12.8 Å². The predicted octanol–water partition coefficient (Wildman–Crippen LogP) is 2.69. The Kier molecular flexibility index (Phi) is 10.0. The number of ether oxygens (including phenoxy) is 5. The minimum absolute atomic E-state index is 0.579. The van der Waals surface area contributed by atoms with Crippen LogP contribution in [0.5, 0.6) is 11.5 Å². The van der Waals surface area contributed by atoms with E-state index in [1.54, 1.807) is 7.11 Å². The molecular weight excluding hydrogens is 386 g/mol. The number of hydrogen-bond donors (Lipinski definition) is 2. The van der Waals surface area contributed by atoms with E-state index < -0.39 is 0 Å². The summed E-state index contributed by atoms with van der Waals surface area (Å²) in [7, 11) is 1.67. The summed E-state index contributed by atoms with van der Waals surface area (Å²) in [5.41, 5.74) is 0.899. The molecular formula is C22H35N3O5. The second-order valence-corrected chi connectivity index (χ2v) is 7.47. The summed E-state index contributed by atoms with van der Waals surface area (Å²) in [6, 6.07) is 5.85. The number of fused-ring (bicyclic) bond motifs is 1. The number of aliphatic imine (C=N–C) groups is 1. The number of nitrogens with zero attached hydrogens (tertiary/aromatic N) is 1. The molecule has 1 aromatic rings. The van der Waals surface area contributed by atoms with Crippen LogP contribution < -0.4 is 20.1 Å². The smallest absolute Gasteiger partial charge is 0.195 e. The van der Waals surface area contributed by atoms with Crippen molar-refractivity contribution in [3.05, 3.63) is 18.2 Å². The summed E-state index contributed by atoms with van der Waals surface area (Å²) in [6.45, 7) is 6.08. The van der Waals surface area contributed by atoms with Crippen LogP contribution in [-0.2, 0) is 14.2 Å². The summed E-state index contributed by atoms with van der Waals surface area (Å²) in [4.78, 5) is 4.68. The zero-order chi connectivity index (χ0) is 20.9. The van der Waals surface area contributed by atoms with Gasteiger partial charge in [0, 0.05) is 51.6 Å². The van der Waals surface area contributed by atoms with Gasteiger partial charge in [-0.15, -0.1) is 0 Å². The van der Waals surface area contributed by atoms with Gasteiger partial charge >= 0.3 is 0 Å². The van der Waals surface area contributed by atoms with E-state index in [0.29, 0.717) is 52.1 Å². The molecule has 0 amide bonds. The van der Waals surface area contributed by atoms with Crippen molar-refractivity contribution in [1.29, 1.82) is 0 Å². The van der Waals surface area contributed by atoms with Gasteiger partial charge in [0.2, 0.25) is 0 Å². The Hall–Kier alpha value is -2.03. The normalized spacial score (nSPS) is 16.2. The molecule has 0 radical (unpaired) electrons. The molecule has 0 aromatic heterocycles. The topological polar surface area (TPSA) is 82.6 Å². The first-order valence-corrected chi connectivity index (χ1v) is 10.9. The molecule has 1 aromatic carbocycles. The highest BCUT2D eigenvalue weighted by Gasteiger charge is 2.20. The fourth-order valence-corrected chi connectivity index (χ4v) is 2.90. The molecule has 8 nitrogen and oxygen atoms in total. The van der Waals surface area contributed by atoms with Crippen LogP contribution in [0.1, 0.15) is 25.7 Å². The Morgan fingerprint density at radius 3 is 2.77 bits per heavy atom. The third-order valence-corrected chi connectivity index (χ3v) is 4.75. The molecule has 1 aliphatic heterocycles. The average Bonchev–Trinajstić information content (AvgIpc) is 3.59. The molecule has 2 N–H and O–H groups in total. The summed E-state index contributed by atoms with van der Waals surface area (Å²) < 4.78 is 27.7. The zero-order valence-corrected chi connectivity index (χ0v) is 18.0. The fourth-order valence-electron chi connectivity index (χ4n) is 2.90. The molecule has 0 bridgehead atoms. The van der Waals surface area contributed by atoms with Gasteiger partial charge in [-0.3, -0.25) is 4.99 Å². The number of hydrogen-bond acceptors (Lipinski definition) is 6. The monoisotopic (exact) mass is 421 g/mol. The molecule has 0 saturated heterocycles. The summed E-state index contributed by atoms with van der Waals surface area (Å²) in [5.74, 6) is 3.05. The SMILES string of the molecule is COCCOCCNC(=NCCCOCC1CC1)Nc1ccc2c(c1)OCCCO2. The lowest BCUT2D eigenvalue weighted by Crippen LogP contribution is -2.34. The molecule has 1 heterocycles. The van der Waals surface area contributed by atoms with Gasteiger partial charge < -0.3 is 34.3 Å². The molecule has 2 aliphatic rings. The van der Waals surface area contributed by atoms with Gasteiger partial charge in [-0.2, -0.15) is 0 Å². The molecule has 1 aliphatic carbocycles. The number of nitrogens with one attached hydrogen (secondary N) is 2. The van der Waals surface area contributed by atoms with Crippen LogP contribution in [0.25, 0.3) is 0 Å². The van der Waals surface area contributed by atoms with E-state index in [-0.39, 0.29) is 0 Å². The Labute approximate surface area is 179 Å². The second kappa shape index (κ2) is 13.3. The Balaban J connectivity index is 1.48. The number of rotatable bonds is 13. The van der Waals surface area contributed by atoms with Gasteiger partial charge in [-0.25, -0.2) is 0 Å². The zero-order valence-electron chi connectivity index (χ0n) is 18.0. The minimum atomic E-state index is 0.579. The van der Waals surface area contributed by atoms with Crippen molar-refractivity contribution in [2.24, 2.45) is 10.9 Å². The maximum absolute atomic E-state index is 5.78. The Morgan fingerprint density at radius 2 is 1.93 bits per heavy atom. The molecule has 1 saturated carbocycles. The molecule has 8 heteroatoms. The van der Waals surface area contributed by atoms with E-state index in [1.807, 2.05) is 18.2 Å². The molecule has 0 unspecified atom stereocenters. The van der Waals surface area contributed by atoms with Crippen LogP contribution >= 0.6 is 0 Å². The third kappa shape index (κ3) is 8.77. The van der Waals surface area contributed by atoms with Crippen molar-refractivity contribution >= 4 is 11.6 Å². The van der Waals surface area contributed by atoms with Crippen molar-refractivity contribution in [2.75, 3.05) is 71.8 Å². The van der Waals surface area contributed by atoms with Crippen LogP contribution in [0.15, 0.2) is 23.2 Å². The molecule has 3 rings (SSSR count).